The number of hydrogen-bond acceptors (Lipinski definition) is 5. The molecule has 0 aromatic heterocycles. The van der Waals surface area contributed by atoms with Gasteiger partial charge in [0.2, 0.25) is 0 Å². The van der Waals surface area contributed by atoms with Crippen LogP contribution in [0.5, 0.6) is 0 Å². The summed E-state index contributed by atoms with van der Waals surface area (Å²) in [4.78, 5) is 37.6. The van der Waals surface area contributed by atoms with E-state index < -0.39 is 27.1 Å². The van der Waals surface area contributed by atoms with Crippen LogP contribution in [0.15, 0.2) is 36.4 Å². The topological polar surface area (TPSA) is 111 Å². The van der Waals surface area contributed by atoms with Crippen LogP contribution >= 0.6 is 0 Å². The standard InChI is InChI=1S/C20H20N4O5/c1-12-3-6-17-15(9-12)16-11-21(2)8-7-18(16)22(17)20(25)14-5-4-13(23(26)27)10-19(14)24(28)29/h3-6,9-10,16,18H,7-8,11H2,1-2H3/p+1/t16-,18+/m0/s1. The molecule has 1 N–H and O–H groups in total. The van der Waals surface area contributed by atoms with Gasteiger partial charge in [0.25, 0.3) is 17.3 Å². The van der Waals surface area contributed by atoms with E-state index in [1.807, 2.05) is 19.1 Å². The highest BCUT2D eigenvalue weighted by atomic mass is 16.6. The number of non-ortho nitro benzene ring substituents is 1. The van der Waals surface area contributed by atoms with Gasteiger partial charge in [-0.05, 0) is 24.6 Å². The van der Waals surface area contributed by atoms with Gasteiger partial charge in [0.05, 0.1) is 48.0 Å². The van der Waals surface area contributed by atoms with Crippen LogP contribution in [0, 0.1) is 27.2 Å². The van der Waals surface area contributed by atoms with Crippen LogP contribution in [-0.2, 0) is 0 Å². The first kappa shape index (κ1) is 19.0. The Bertz CT molecular complexity index is 1040. The average molecular weight is 397 g/mol. The Labute approximate surface area is 166 Å². The third-order valence-electron chi connectivity index (χ3n) is 5.91. The number of nitrogens with zero attached hydrogens (tertiary/aromatic N) is 3. The van der Waals surface area contributed by atoms with Gasteiger partial charge in [0, 0.05) is 18.2 Å². The number of nitro groups is 2. The molecule has 2 aromatic rings. The van der Waals surface area contributed by atoms with E-state index >= 15 is 0 Å². The minimum Gasteiger partial charge on any atom is -0.337 e. The number of piperidine rings is 1. The van der Waals surface area contributed by atoms with E-state index in [4.69, 9.17) is 0 Å². The van der Waals surface area contributed by atoms with E-state index in [2.05, 4.69) is 13.1 Å². The minimum atomic E-state index is -0.733. The fourth-order valence-electron chi connectivity index (χ4n) is 4.56. The summed E-state index contributed by atoms with van der Waals surface area (Å²) in [6.45, 7) is 3.79. The SMILES string of the molecule is Cc1ccc2c(c1)[C@@H]1C[NH+](C)CC[C@H]1N2C(=O)c1ccc([N+](=O)[O-])cc1[N+](=O)[O-]. The van der Waals surface area contributed by atoms with Crippen molar-refractivity contribution in [3.8, 4) is 0 Å². The number of fused-ring (bicyclic) bond motifs is 3. The molecule has 2 heterocycles. The second-order valence-electron chi connectivity index (χ2n) is 7.83. The fraction of sp³-hybridized carbons (Fsp3) is 0.350. The number of likely N-dealkylation sites (tertiary alicyclic amines) is 1. The first-order valence-corrected chi connectivity index (χ1v) is 9.46. The molecule has 2 aromatic carbocycles. The van der Waals surface area contributed by atoms with Gasteiger partial charge in [-0.15, -0.1) is 0 Å². The zero-order chi connectivity index (χ0) is 20.9. The minimum absolute atomic E-state index is 0.0715. The van der Waals surface area contributed by atoms with Gasteiger partial charge in [0.15, 0.2) is 0 Å². The molecule has 0 bridgehead atoms. The Balaban J connectivity index is 1.81. The maximum atomic E-state index is 13.5. The molecule has 1 saturated heterocycles. The predicted molar refractivity (Wildman–Crippen MR) is 106 cm³/mol. The van der Waals surface area contributed by atoms with Crippen LogP contribution < -0.4 is 9.80 Å². The summed E-state index contributed by atoms with van der Waals surface area (Å²) in [6, 6.07) is 9.03. The molecule has 2 aliphatic rings. The zero-order valence-electron chi connectivity index (χ0n) is 16.1. The molecule has 2 aliphatic heterocycles. The van der Waals surface area contributed by atoms with Crippen molar-refractivity contribution in [3.05, 3.63) is 73.3 Å². The first-order valence-electron chi connectivity index (χ1n) is 9.46. The third-order valence-corrected chi connectivity index (χ3v) is 5.91. The van der Waals surface area contributed by atoms with Crippen molar-refractivity contribution in [1.29, 1.82) is 0 Å². The summed E-state index contributed by atoms with van der Waals surface area (Å²) in [7, 11) is 2.12. The Kier molecular flexibility index (Phi) is 4.54. The number of likely N-dealkylation sites (N-methyl/N-ethyl adjacent to an activating group) is 1. The second-order valence-corrected chi connectivity index (χ2v) is 7.83. The molecule has 9 nitrogen and oxygen atoms in total. The Morgan fingerprint density at radius 1 is 1.14 bits per heavy atom. The number of nitro benzene ring substituents is 2. The number of amides is 1. The van der Waals surface area contributed by atoms with Crippen molar-refractivity contribution in [3.63, 3.8) is 0 Å². The number of aryl methyl sites for hydroxylation is 1. The van der Waals surface area contributed by atoms with Crippen LogP contribution in [0.25, 0.3) is 0 Å². The van der Waals surface area contributed by atoms with Crippen molar-refractivity contribution in [1.82, 2.24) is 0 Å². The Morgan fingerprint density at radius 3 is 2.59 bits per heavy atom. The van der Waals surface area contributed by atoms with E-state index in [1.165, 1.54) is 11.0 Å². The first-order chi connectivity index (χ1) is 13.8. The largest absolute Gasteiger partial charge is 0.337 e. The van der Waals surface area contributed by atoms with Crippen LogP contribution in [-0.4, -0.2) is 41.9 Å². The molecule has 0 spiro atoms. The molecule has 0 aliphatic carbocycles. The summed E-state index contributed by atoms with van der Waals surface area (Å²) < 4.78 is 0. The number of hydrogen-bond donors (Lipinski definition) is 1. The van der Waals surface area contributed by atoms with Gasteiger partial charge in [-0.2, -0.15) is 0 Å². The van der Waals surface area contributed by atoms with Crippen LogP contribution in [0.2, 0.25) is 0 Å². The monoisotopic (exact) mass is 397 g/mol. The fourth-order valence-corrected chi connectivity index (χ4v) is 4.56. The summed E-state index contributed by atoms with van der Waals surface area (Å²) in [5.74, 6) is -0.316. The lowest BCUT2D eigenvalue weighted by Gasteiger charge is -2.34. The normalized spacial score (nSPS) is 22.7. The molecular formula is C20H21N4O5+. The summed E-state index contributed by atoms with van der Waals surface area (Å²) in [5.41, 5.74) is 1.89. The molecule has 1 fully saturated rings. The van der Waals surface area contributed by atoms with Crippen molar-refractivity contribution in [2.24, 2.45) is 0 Å². The van der Waals surface area contributed by atoms with Gasteiger partial charge in [0.1, 0.15) is 5.56 Å². The lowest BCUT2D eigenvalue weighted by Crippen LogP contribution is -3.11. The molecular weight excluding hydrogens is 376 g/mol. The van der Waals surface area contributed by atoms with Gasteiger partial charge < -0.3 is 9.80 Å². The van der Waals surface area contributed by atoms with Crippen molar-refractivity contribution < 1.29 is 19.5 Å². The molecule has 29 heavy (non-hydrogen) atoms. The summed E-state index contributed by atoms with van der Waals surface area (Å²) in [5, 5.41) is 22.6. The lowest BCUT2D eigenvalue weighted by molar-refractivity contribution is -0.886. The van der Waals surface area contributed by atoms with Gasteiger partial charge in [-0.1, -0.05) is 17.7 Å². The summed E-state index contributed by atoms with van der Waals surface area (Å²) >= 11 is 0. The number of rotatable bonds is 3. The maximum Gasteiger partial charge on any atom is 0.289 e. The van der Waals surface area contributed by atoms with Crippen molar-refractivity contribution in [2.45, 2.75) is 25.3 Å². The zero-order valence-corrected chi connectivity index (χ0v) is 16.1. The molecule has 1 amide bonds. The Hall–Kier alpha value is -3.33. The molecule has 4 rings (SSSR count). The van der Waals surface area contributed by atoms with Gasteiger partial charge in [-0.3, -0.25) is 25.0 Å². The van der Waals surface area contributed by atoms with Gasteiger partial charge >= 0.3 is 0 Å². The second kappa shape index (κ2) is 6.93. The number of carbonyl (C=O) groups excluding carboxylic acids is 1. The smallest absolute Gasteiger partial charge is 0.289 e. The molecule has 1 unspecified atom stereocenters. The van der Waals surface area contributed by atoms with Gasteiger partial charge in [-0.25, -0.2) is 0 Å². The average Bonchev–Trinajstić information content (AvgIpc) is 2.99. The number of anilines is 1. The molecule has 9 heteroatoms. The summed E-state index contributed by atoms with van der Waals surface area (Å²) in [6.07, 6.45) is 0.788. The molecule has 0 saturated carbocycles. The van der Waals surface area contributed by atoms with E-state index in [1.54, 1.807) is 4.90 Å². The van der Waals surface area contributed by atoms with Crippen LogP contribution in [0.4, 0.5) is 17.1 Å². The maximum absolute atomic E-state index is 13.5. The highest BCUT2D eigenvalue weighted by Crippen LogP contribution is 2.44. The number of nitrogens with one attached hydrogen (secondary N) is 1. The van der Waals surface area contributed by atoms with Crippen LogP contribution in [0.3, 0.4) is 0 Å². The van der Waals surface area contributed by atoms with Crippen molar-refractivity contribution >= 4 is 23.0 Å². The number of carbonyl (C=O) groups is 1. The quantitative estimate of drug-likeness (QED) is 0.628. The highest BCUT2D eigenvalue weighted by molar-refractivity contribution is 6.10. The van der Waals surface area contributed by atoms with E-state index in [-0.39, 0.29) is 17.5 Å². The Morgan fingerprint density at radius 2 is 1.90 bits per heavy atom. The van der Waals surface area contributed by atoms with E-state index in [9.17, 15) is 25.0 Å². The highest BCUT2D eigenvalue weighted by Gasteiger charge is 2.46. The van der Waals surface area contributed by atoms with E-state index in [0.717, 1.165) is 48.5 Å². The molecule has 150 valence electrons. The number of benzene rings is 2. The van der Waals surface area contributed by atoms with E-state index in [0.29, 0.717) is 0 Å². The third kappa shape index (κ3) is 3.13. The number of quaternary nitrogens is 1. The lowest BCUT2D eigenvalue weighted by atomic mass is 9.88. The molecule has 3 atom stereocenters. The molecule has 0 radical (unpaired) electrons. The van der Waals surface area contributed by atoms with Crippen molar-refractivity contribution in [2.75, 3.05) is 25.0 Å². The predicted octanol–water partition coefficient (Wildman–Crippen LogP) is 1.84. The van der Waals surface area contributed by atoms with Crippen LogP contribution in [0.1, 0.15) is 33.8 Å².